The third-order valence-corrected chi connectivity index (χ3v) is 1.90. The van der Waals surface area contributed by atoms with Crippen LogP contribution in [-0.2, 0) is 4.79 Å². The molecule has 0 aliphatic heterocycles. The standard InChI is InChI=1S/C9H20N2O2/c1-7(4-10)3-9(13)11-5-8(2)6-12/h7-8,12H,3-6,10H2,1-2H3,(H,11,13). The molecule has 2 unspecified atom stereocenters. The Labute approximate surface area is 79.5 Å². The van der Waals surface area contributed by atoms with Crippen LogP contribution >= 0.6 is 0 Å². The Balaban J connectivity index is 3.51. The summed E-state index contributed by atoms with van der Waals surface area (Å²) in [5, 5.41) is 11.4. The minimum atomic E-state index is 0.0123. The molecule has 0 saturated carbocycles. The van der Waals surface area contributed by atoms with E-state index in [2.05, 4.69) is 5.32 Å². The molecule has 1 amide bonds. The average molecular weight is 188 g/mol. The third-order valence-electron chi connectivity index (χ3n) is 1.90. The number of nitrogens with two attached hydrogens (primary N) is 1. The summed E-state index contributed by atoms with van der Waals surface area (Å²) in [5.41, 5.74) is 5.38. The molecule has 0 aromatic carbocycles. The van der Waals surface area contributed by atoms with Crippen LogP contribution in [0, 0.1) is 11.8 Å². The molecule has 4 nitrogen and oxygen atoms in total. The van der Waals surface area contributed by atoms with E-state index < -0.39 is 0 Å². The molecule has 0 radical (unpaired) electrons. The lowest BCUT2D eigenvalue weighted by Crippen LogP contribution is -2.31. The van der Waals surface area contributed by atoms with Crippen LogP contribution in [0.2, 0.25) is 0 Å². The summed E-state index contributed by atoms with van der Waals surface area (Å²) in [4.78, 5) is 11.2. The molecular formula is C9H20N2O2. The fraction of sp³-hybridized carbons (Fsp3) is 0.889. The first-order chi connectivity index (χ1) is 6.10. The lowest BCUT2D eigenvalue weighted by Gasteiger charge is -2.11. The highest BCUT2D eigenvalue weighted by molar-refractivity contribution is 5.76. The zero-order valence-corrected chi connectivity index (χ0v) is 8.42. The van der Waals surface area contributed by atoms with Crippen LogP contribution in [0.4, 0.5) is 0 Å². The highest BCUT2D eigenvalue weighted by atomic mass is 16.3. The summed E-state index contributed by atoms with van der Waals surface area (Å²) in [6.07, 6.45) is 0.467. The van der Waals surface area contributed by atoms with E-state index in [4.69, 9.17) is 10.8 Å². The maximum Gasteiger partial charge on any atom is 0.220 e. The van der Waals surface area contributed by atoms with Crippen LogP contribution in [0.3, 0.4) is 0 Å². The van der Waals surface area contributed by atoms with Crippen molar-refractivity contribution in [2.45, 2.75) is 20.3 Å². The number of hydrogen-bond acceptors (Lipinski definition) is 3. The van der Waals surface area contributed by atoms with Gasteiger partial charge in [-0.05, 0) is 18.4 Å². The summed E-state index contributed by atoms with van der Waals surface area (Å²) in [6.45, 7) is 4.99. The van der Waals surface area contributed by atoms with Crippen LogP contribution < -0.4 is 11.1 Å². The van der Waals surface area contributed by atoms with E-state index in [1.54, 1.807) is 0 Å². The Kier molecular flexibility index (Phi) is 6.54. The molecular weight excluding hydrogens is 168 g/mol. The van der Waals surface area contributed by atoms with Gasteiger partial charge in [0.15, 0.2) is 0 Å². The molecule has 78 valence electrons. The number of nitrogens with one attached hydrogen (secondary N) is 1. The molecule has 0 aliphatic rings. The highest BCUT2D eigenvalue weighted by Gasteiger charge is 2.08. The number of aliphatic hydroxyl groups is 1. The van der Waals surface area contributed by atoms with E-state index in [-0.39, 0.29) is 24.3 Å². The summed E-state index contributed by atoms with van der Waals surface area (Å²) in [5.74, 6) is 0.361. The first-order valence-corrected chi connectivity index (χ1v) is 4.67. The number of amides is 1. The van der Waals surface area contributed by atoms with Crippen LogP contribution in [0.15, 0.2) is 0 Å². The van der Waals surface area contributed by atoms with Gasteiger partial charge in [0.05, 0.1) is 0 Å². The summed E-state index contributed by atoms with van der Waals surface area (Å²) >= 11 is 0. The van der Waals surface area contributed by atoms with Gasteiger partial charge in [-0.25, -0.2) is 0 Å². The van der Waals surface area contributed by atoms with Gasteiger partial charge in [-0.3, -0.25) is 4.79 Å². The SMILES string of the molecule is CC(CO)CNC(=O)CC(C)CN. The highest BCUT2D eigenvalue weighted by Crippen LogP contribution is 1.98. The second kappa shape index (κ2) is 6.86. The Hall–Kier alpha value is -0.610. The predicted molar refractivity (Wildman–Crippen MR) is 52.1 cm³/mol. The fourth-order valence-electron chi connectivity index (χ4n) is 0.825. The second-order valence-electron chi connectivity index (χ2n) is 3.64. The van der Waals surface area contributed by atoms with Crippen molar-refractivity contribution in [1.82, 2.24) is 5.32 Å². The van der Waals surface area contributed by atoms with Crippen molar-refractivity contribution >= 4 is 5.91 Å². The number of carbonyl (C=O) groups excluding carboxylic acids is 1. The largest absolute Gasteiger partial charge is 0.396 e. The maximum absolute atomic E-state index is 11.2. The third kappa shape index (κ3) is 6.54. The quantitative estimate of drug-likeness (QED) is 0.536. The van der Waals surface area contributed by atoms with Gasteiger partial charge in [0.2, 0.25) is 5.91 Å². The molecule has 0 fully saturated rings. The number of rotatable bonds is 6. The van der Waals surface area contributed by atoms with Gasteiger partial charge in [-0.1, -0.05) is 13.8 Å². The first-order valence-electron chi connectivity index (χ1n) is 4.67. The van der Waals surface area contributed by atoms with Gasteiger partial charge >= 0.3 is 0 Å². The number of aliphatic hydroxyl groups excluding tert-OH is 1. The van der Waals surface area contributed by atoms with Crippen LogP contribution in [0.5, 0.6) is 0 Å². The minimum absolute atomic E-state index is 0.0123. The Bertz CT molecular complexity index is 151. The van der Waals surface area contributed by atoms with Gasteiger partial charge in [0, 0.05) is 19.6 Å². The smallest absolute Gasteiger partial charge is 0.220 e. The molecule has 0 rings (SSSR count). The van der Waals surface area contributed by atoms with Crippen LogP contribution in [-0.4, -0.2) is 30.7 Å². The lowest BCUT2D eigenvalue weighted by molar-refractivity contribution is -0.122. The van der Waals surface area contributed by atoms with Crippen LogP contribution in [0.1, 0.15) is 20.3 Å². The van der Waals surface area contributed by atoms with Crippen molar-refractivity contribution in [3.05, 3.63) is 0 Å². The van der Waals surface area contributed by atoms with E-state index in [0.717, 1.165) is 0 Å². The predicted octanol–water partition coefficient (Wildman–Crippen LogP) is -0.284. The van der Waals surface area contributed by atoms with Gasteiger partial charge < -0.3 is 16.2 Å². The van der Waals surface area contributed by atoms with Crippen LogP contribution in [0.25, 0.3) is 0 Å². The normalized spacial score (nSPS) is 15.1. The van der Waals surface area contributed by atoms with Crippen molar-refractivity contribution in [2.24, 2.45) is 17.6 Å². The van der Waals surface area contributed by atoms with E-state index >= 15 is 0 Å². The average Bonchev–Trinajstić information content (AvgIpc) is 2.13. The van der Waals surface area contributed by atoms with E-state index in [9.17, 15) is 4.79 Å². The zero-order chi connectivity index (χ0) is 10.3. The maximum atomic E-state index is 11.2. The van der Waals surface area contributed by atoms with Crippen molar-refractivity contribution in [3.8, 4) is 0 Å². The molecule has 4 heteroatoms. The van der Waals surface area contributed by atoms with Gasteiger partial charge in [0.1, 0.15) is 0 Å². The Morgan fingerprint density at radius 3 is 2.54 bits per heavy atom. The molecule has 0 spiro atoms. The molecule has 0 saturated heterocycles. The van der Waals surface area contributed by atoms with Gasteiger partial charge in [-0.2, -0.15) is 0 Å². The summed E-state index contributed by atoms with van der Waals surface area (Å²) < 4.78 is 0. The van der Waals surface area contributed by atoms with E-state index in [1.807, 2.05) is 13.8 Å². The summed E-state index contributed by atoms with van der Waals surface area (Å²) in [6, 6.07) is 0. The lowest BCUT2D eigenvalue weighted by atomic mass is 10.1. The molecule has 0 aromatic heterocycles. The van der Waals surface area contributed by atoms with Crippen molar-refractivity contribution in [2.75, 3.05) is 19.7 Å². The number of hydrogen-bond donors (Lipinski definition) is 3. The Morgan fingerprint density at radius 2 is 2.08 bits per heavy atom. The molecule has 2 atom stereocenters. The van der Waals surface area contributed by atoms with E-state index in [0.29, 0.717) is 19.5 Å². The van der Waals surface area contributed by atoms with Gasteiger partial charge in [0.25, 0.3) is 0 Å². The molecule has 4 N–H and O–H groups in total. The molecule has 0 bridgehead atoms. The minimum Gasteiger partial charge on any atom is -0.396 e. The molecule has 13 heavy (non-hydrogen) atoms. The first kappa shape index (κ1) is 12.4. The Morgan fingerprint density at radius 1 is 1.46 bits per heavy atom. The molecule has 0 aromatic rings. The van der Waals surface area contributed by atoms with Crippen molar-refractivity contribution in [3.63, 3.8) is 0 Å². The van der Waals surface area contributed by atoms with Gasteiger partial charge in [-0.15, -0.1) is 0 Å². The zero-order valence-electron chi connectivity index (χ0n) is 8.42. The monoisotopic (exact) mass is 188 g/mol. The van der Waals surface area contributed by atoms with Crippen molar-refractivity contribution in [1.29, 1.82) is 0 Å². The molecule has 0 aliphatic carbocycles. The van der Waals surface area contributed by atoms with Crippen molar-refractivity contribution < 1.29 is 9.90 Å². The fourth-order valence-corrected chi connectivity index (χ4v) is 0.825. The molecule has 0 heterocycles. The van der Waals surface area contributed by atoms with E-state index in [1.165, 1.54) is 0 Å². The number of carbonyl (C=O) groups is 1. The second-order valence-corrected chi connectivity index (χ2v) is 3.64. The topological polar surface area (TPSA) is 75.3 Å². The summed E-state index contributed by atoms with van der Waals surface area (Å²) in [7, 11) is 0.